The van der Waals surface area contributed by atoms with Crippen LogP contribution in [0.3, 0.4) is 0 Å². The van der Waals surface area contributed by atoms with Crippen LogP contribution < -0.4 is 0 Å². The molecule has 1 heterocycles. The Bertz CT molecular complexity index is 171. The lowest BCUT2D eigenvalue weighted by Gasteiger charge is -1.74. The summed E-state index contributed by atoms with van der Waals surface area (Å²) in [5, 5.41) is 16.4. The summed E-state index contributed by atoms with van der Waals surface area (Å²) in [6.45, 7) is 1.64. The highest BCUT2D eigenvalue weighted by molar-refractivity contribution is 5.04. The Morgan fingerprint density at radius 2 is 2.62 bits per heavy atom. The molecule has 0 amide bonds. The Balaban J connectivity index is 2.84. The van der Waals surface area contributed by atoms with Gasteiger partial charge in [0.1, 0.15) is 6.61 Å². The van der Waals surface area contributed by atoms with E-state index < -0.39 is 0 Å². The van der Waals surface area contributed by atoms with E-state index in [1.54, 1.807) is 6.07 Å². The molecule has 3 heteroatoms. The largest absolute Gasteiger partial charge is 0.283 e. The number of H-pyrrole nitrogens is 1. The molecule has 8 heavy (non-hydrogen) atoms. The van der Waals surface area contributed by atoms with Gasteiger partial charge in [-0.3, -0.25) is 5.10 Å². The second-order valence-corrected chi connectivity index (χ2v) is 1.69. The van der Waals surface area contributed by atoms with Crippen molar-refractivity contribution in [2.45, 2.75) is 13.5 Å². The van der Waals surface area contributed by atoms with Crippen LogP contribution in [0.2, 0.25) is 0 Å². The van der Waals surface area contributed by atoms with E-state index in [0.717, 1.165) is 5.69 Å². The average molecular weight is 111 g/mol. The molecule has 0 saturated heterocycles. The first-order chi connectivity index (χ1) is 3.83. The van der Waals surface area contributed by atoms with Gasteiger partial charge in [-0.15, -0.1) is 0 Å². The molecule has 0 fully saturated rings. The number of aromatic amines is 1. The molecule has 1 aromatic rings. The van der Waals surface area contributed by atoms with Gasteiger partial charge in [-0.25, -0.2) is 5.11 Å². The highest BCUT2D eigenvalue weighted by atomic mass is 16.3. The highest BCUT2D eigenvalue weighted by Crippen LogP contribution is 1.95. The standard InChI is InChI=1S/C5H7N2O/c1-4-2-5(3-8)7-6-4/h2H,3H2,1H3,(H,6,7). The molecule has 0 bridgehead atoms. The van der Waals surface area contributed by atoms with Crippen molar-refractivity contribution in [2.75, 3.05) is 0 Å². The third kappa shape index (κ3) is 0.869. The van der Waals surface area contributed by atoms with Crippen molar-refractivity contribution < 1.29 is 5.11 Å². The number of nitrogens with zero attached hydrogens (tertiary/aromatic N) is 1. The van der Waals surface area contributed by atoms with E-state index >= 15 is 0 Å². The summed E-state index contributed by atoms with van der Waals surface area (Å²) < 4.78 is 0. The van der Waals surface area contributed by atoms with Gasteiger partial charge in [0.05, 0.1) is 5.69 Å². The Morgan fingerprint density at radius 3 is 2.88 bits per heavy atom. The lowest BCUT2D eigenvalue weighted by molar-refractivity contribution is 0.174. The zero-order chi connectivity index (χ0) is 5.98. The summed E-state index contributed by atoms with van der Waals surface area (Å²) >= 11 is 0. The van der Waals surface area contributed by atoms with Crippen LogP contribution in [0.4, 0.5) is 0 Å². The fourth-order valence-electron chi connectivity index (χ4n) is 0.548. The van der Waals surface area contributed by atoms with Gasteiger partial charge in [-0.1, -0.05) is 0 Å². The van der Waals surface area contributed by atoms with E-state index in [9.17, 15) is 5.11 Å². The van der Waals surface area contributed by atoms with Gasteiger partial charge < -0.3 is 0 Å². The maximum absolute atomic E-state index is 10.1. The fourth-order valence-corrected chi connectivity index (χ4v) is 0.548. The van der Waals surface area contributed by atoms with Gasteiger partial charge in [-0.2, -0.15) is 5.10 Å². The summed E-state index contributed by atoms with van der Waals surface area (Å²) in [7, 11) is 0. The van der Waals surface area contributed by atoms with Gasteiger partial charge in [0.2, 0.25) is 0 Å². The molecule has 0 aromatic carbocycles. The Kier molecular flexibility index (Phi) is 1.30. The van der Waals surface area contributed by atoms with Crippen molar-refractivity contribution in [2.24, 2.45) is 0 Å². The second-order valence-electron chi connectivity index (χ2n) is 1.69. The zero-order valence-corrected chi connectivity index (χ0v) is 4.64. The van der Waals surface area contributed by atoms with Crippen LogP contribution in [0.1, 0.15) is 11.4 Å². The number of hydrogen-bond donors (Lipinski definition) is 1. The van der Waals surface area contributed by atoms with Crippen LogP contribution in [0.5, 0.6) is 0 Å². The lowest BCUT2D eigenvalue weighted by atomic mass is 10.4. The molecule has 1 rings (SSSR count). The molecule has 43 valence electrons. The van der Waals surface area contributed by atoms with E-state index in [-0.39, 0.29) is 6.61 Å². The minimum absolute atomic E-state index is 0.232. The molecule has 3 nitrogen and oxygen atoms in total. The van der Waals surface area contributed by atoms with E-state index in [0.29, 0.717) is 5.69 Å². The Labute approximate surface area is 47.4 Å². The summed E-state index contributed by atoms with van der Waals surface area (Å²) in [5.41, 5.74) is 1.53. The topological polar surface area (TPSA) is 48.6 Å². The smallest absolute Gasteiger partial charge is 0.126 e. The maximum Gasteiger partial charge on any atom is 0.126 e. The first kappa shape index (κ1) is 5.31. The van der Waals surface area contributed by atoms with Crippen molar-refractivity contribution in [1.29, 1.82) is 0 Å². The van der Waals surface area contributed by atoms with Crippen LogP contribution >= 0.6 is 0 Å². The number of aromatic nitrogens is 2. The van der Waals surface area contributed by atoms with E-state index in [1.165, 1.54) is 0 Å². The van der Waals surface area contributed by atoms with E-state index in [1.807, 2.05) is 6.92 Å². The van der Waals surface area contributed by atoms with Crippen molar-refractivity contribution in [1.82, 2.24) is 10.2 Å². The van der Waals surface area contributed by atoms with Crippen molar-refractivity contribution in [3.05, 3.63) is 17.5 Å². The van der Waals surface area contributed by atoms with E-state index in [4.69, 9.17) is 0 Å². The minimum Gasteiger partial charge on any atom is -0.283 e. The Hall–Kier alpha value is -0.830. The third-order valence-corrected chi connectivity index (χ3v) is 0.907. The number of rotatable bonds is 1. The highest BCUT2D eigenvalue weighted by Gasteiger charge is 1.92. The summed E-state index contributed by atoms with van der Waals surface area (Å²) in [5.74, 6) is 0. The van der Waals surface area contributed by atoms with Crippen LogP contribution in [-0.2, 0) is 11.7 Å². The second kappa shape index (κ2) is 1.96. The lowest BCUT2D eigenvalue weighted by Crippen LogP contribution is -1.77. The van der Waals surface area contributed by atoms with Crippen LogP contribution in [0.15, 0.2) is 6.07 Å². The monoisotopic (exact) mass is 111 g/mol. The van der Waals surface area contributed by atoms with Gasteiger partial charge >= 0.3 is 0 Å². The number of nitrogens with one attached hydrogen (secondary N) is 1. The average Bonchev–Trinajstić information content (AvgIpc) is 2.14. The maximum atomic E-state index is 10.1. The number of hydrogen-bond acceptors (Lipinski definition) is 1. The molecular formula is C5H7N2O. The molecule has 0 unspecified atom stereocenters. The van der Waals surface area contributed by atoms with Gasteiger partial charge in [0, 0.05) is 5.69 Å². The normalized spacial score (nSPS) is 9.75. The molecule has 1 N–H and O–H groups in total. The quantitative estimate of drug-likeness (QED) is 0.568. The van der Waals surface area contributed by atoms with E-state index in [2.05, 4.69) is 10.2 Å². The van der Waals surface area contributed by atoms with Crippen molar-refractivity contribution >= 4 is 0 Å². The van der Waals surface area contributed by atoms with Crippen LogP contribution in [-0.4, -0.2) is 10.2 Å². The fraction of sp³-hybridized carbons (Fsp3) is 0.400. The van der Waals surface area contributed by atoms with Gasteiger partial charge in [0.15, 0.2) is 0 Å². The predicted octanol–water partition coefficient (Wildman–Crippen LogP) is 0.649. The van der Waals surface area contributed by atoms with Crippen LogP contribution in [0, 0.1) is 6.92 Å². The van der Waals surface area contributed by atoms with Crippen molar-refractivity contribution in [3.63, 3.8) is 0 Å². The molecule has 0 aliphatic heterocycles. The summed E-state index contributed by atoms with van der Waals surface area (Å²) in [6.07, 6.45) is 0. The first-order valence-corrected chi connectivity index (χ1v) is 2.42. The predicted molar refractivity (Wildman–Crippen MR) is 27.7 cm³/mol. The molecule has 1 radical (unpaired) electrons. The molecular weight excluding hydrogens is 104 g/mol. The molecule has 0 aliphatic carbocycles. The van der Waals surface area contributed by atoms with Gasteiger partial charge in [-0.05, 0) is 13.0 Å². The molecule has 0 aliphatic rings. The number of aryl methyl sites for hydroxylation is 1. The van der Waals surface area contributed by atoms with Crippen LogP contribution in [0.25, 0.3) is 0 Å². The third-order valence-electron chi connectivity index (χ3n) is 0.907. The molecule has 0 spiro atoms. The summed E-state index contributed by atoms with van der Waals surface area (Å²) in [4.78, 5) is 0. The zero-order valence-electron chi connectivity index (χ0n) is 4.64. The van der Waals surface area contributed by atoms with Gasteiger partial charge in [0.25, 0.3) is 0 Å². The molecule has 0 saturated carbocycles. The molecule has 0 atom stereocenters. The molecule has 1 aromatic heterocycles. The van der Waals surface area contributed by atoms with Crippen molar-refractivity contribution in [3.8, 4) is 0 Å². The summed E-state index contributed by atoms with van der Waals surface area (Å²) in [6, 6.07) is 1.74. The SMILES string of the molecule is Cc1cc(C[O])n[nH]1. The minimum atomic E-state index is -0.232. The Morgan fingerprint density at radius 1 is 1.88 bits per heavy atom. The first-order valence-electron chi connectivity index (χ1n) is 2.42.